The van der Waals surface area contributed by atoms with Crippen LogP contribution in [0.1, 0.15) is 36.3 Å². The lowest BCUT2D eigenvalue weighted by atomic mass is 9.95. The van der Waals surface area contributed by atoms with Gasteiger partial charge in [-0.3, -0.25) is 9.36 Å². The van der Waals surface area contributed by atoms with E-state index in [1.54, 1.807) is 12.1 Å². The molecule has 0 bridgehead atoms. The number of fused-ring (bicyclic) bond motifs is 1. The van der Waals surface area contributed by atoms with Crippen molar-refractivity contribution in [1.82, 2.24) is 4.57 Å². The number of halogens is 3. The monoisotopic (exact) mass is 538 g/mol. The Labute approximate surface area is 218 Å². The Kier molecular flexibility index (Phi) is 6.66. The van der Waals surface area contributed by atoms with Crippen molar-refractivity contribution < 1.29 is 27.1 Å². The fourth-order valence-corrected chi connectivity index (χ4v) is 5.38. The number of benzene rings is 2. The maximum absolute atomic E-state index is 13.6. The zero-order valence-corrected chi connectivity index (χ0v) is 21.1. The first kappa shape index (κ1) is 25.5. The molecule has 0 fully saturated rings. The molecule has 1 atom stereocenters. The Hall–Kier alpha value is -4.18. The predicted molar refractivity (Wildman–Crippen MR) is 136 cm³/mol. The van der Waals surface area contributed by atoms with Crippen molar-refractivity contribution in [3.05, 3.63) is 115 Å². The molecular weight excluding hydrogens is 517 g/mol. The Morgan fingerprint density at radius 3 is 2.58 bits per heavy atom. The van der Waals surface area contributed by atoms with E-state index < -0.39 is 23.8 Å². The van der Waals surface area contributed by atoms with Crippen molar-refractivity contribution in [3.8, 4) is 11.3 Å². The van der Waals surface area contributed by atoms with Gasteiger partial charge in [-0.1, -0.05) is 60.7 Å². The predicted octanol–water partition coefficient (Wildman–Crippen LogP) is 5.08. The molecule has 5 rings (SSSR count). The van der Waals surface area contributed by atoms with Crippen molar-refractivity contribution in [2.45, 2.75) is 25.6 Å². The smallest absolute Gasteiger partial charge is 0.416 e. The second-order valence-corrected chi connectivity index (χ2v) is 9.49. The third-order valence-electron chi connectivity index (χ3n) is 6.14. The average Bonchev–Trinajstić information content (AvgIpc) is 3.51. The van der Waals surface area contributed by atoms with Gasteiger partial charge >= 0.3 is 12.1 Å². The van der Waals surface area contributed by atoms with Gasteiger partial charge in [-0.2, -0.15) is 13.2 Å². The van der Waals surface area contributed by atoms with Crippen LogP contribution in [0.3, 0.4) is 0 Å². The van der Waals surface area contributed by atoms with E-state index in [2.05, 4.69) is 4.99 Å². The summed E-state index contributed by atoms with van der Waals surface area (Å²) in [5.74, 6) is -0.0362. The molecule has 38 heavy (non-hydrogen) atoms. The summed E-state index contributed by atoms with van der Waals surface area (Å²) in [7, 11) is 1.29. The van der Waals surface area contributed by atoms with E-state index in [-0.39, 0.29) is 16.9 Å². The standard InChI is InChI=1S/C28H21F3N2O4S/c1-3-20-23(26(35)36-2)24(16-8-5-4-6-9-16)33-25(34)22(38-27(33)32-20)15-19-12-13-21(37-19)17-10-7-11-18(14-17)28(29,30)31/h4-15,24H,3H2,1-2H3/b22-15+/t24-/m1/s1. The molecular formula is C28H21F3N2O4S. The number of carbonyl (C=O) groups excluding carboxylic acids is 1. The lowest BCUT2D eigenvalue weighted by Gasteiger charge is -2.25. The Bertz CT molecular complexity index is 1730. The highest BCUT2D eigenvalue weighted by molar-refractivity contribution is 7.07. The number of allylic oxidation sites excluding steroid dienone is 1. The average molecular weight is 539 g/mol. The first-order valence-corrected chi connectivity index (χ1v) is 12.5. The van der Waals surface area contributed by atoms with Crippen LogP contribution in [-0.4, -0.2) is 17.6 Å². The Morgan fingerprint density at radius 1 is 1.13 bits per heavy atom. The highest BCUT2D eigenvalue weighted by Crippen LogP contribution is 2.33. The number of nitrogens with zero attached hydrogens (tertiary/aromatic N) is 2. The van der Waals surface area contributed by atoms with Crippen LogP contribution >= 0.6 is 11.3 Å². The number of alkyl halides is 3. The molecule has 0 aliphatic carbocycles. The van der Waals surface area contributed by atoms with Crippen LogP contribution in [0.15, 0.2) is 92.2 Å². The summed E-state index contributed by atoms with van der Waals surface area (Å²) in [6, 6.07) is 16.4. The number of ether oxygens (including phenoxy) is 1. The normalized spacial score (nSPS) is 15.8. The van der Waals surface area contributed by atoms with Crippen LogP contribution in [0.25, 0.3) is 17.4 Å². The number of aromatic nitrogens is 1. The molecule has 2 aromatic carbocycles. The number of hydrogen-bond acceptors (Lipinski definition) is 6. The van der Waals surface area contributed by atoms with Gasteiger partial charge in [0.2, 0.25) is 0 Å². The van der Waals surface area contributed by atoms with Gasteiger partial charge < -0.3 is 9.15 Å². The Morgan fingerprint density at radius 2 is 1.89 bits per heavy atom. The van der Waals surface area contributed by atoms with E-state index in [0.29, 0.717) is 32.8 Å². The molecule has 0 amide bonds. The molecule has 6 nitrogen and oxygen atoms in total. The fraction of sp³-hybridized carbons (Fsp3) is 0.179. The number of rotatable bonds is 5. The molecule has 0 unspecified atom stereocenters. The van der Waals surface area contributed by atoms with E-state index in [4.69, 9.17) is 9.15 Å². The van der Waals surface area contributed by atoms with Crippen LogP contribution in [-0.2, 0) is 15.7 Å². The van der Waals surface area contributed by atoms with Crippen molar-refractivity contribution in [1.29, 1.82) is 0 Å². The molecule has 0 N–H and O–H groups in total. The summed E-state index contributed by atoms with van der Waals surface area (Å²) in [5.41, 5.74) is 0.659. The van der Waals surface area contributed by atoms with Crippen LogP contribution in [0.4, 0.5) is 13.2 Å². The molecule has 0 saturated carbocycles. The molecule has 194 valence electrons. The molecule has 0 spiro atoms. The largest absolute Gasteiger partial charge is 0.466 e. The fourth-order valence-electron chi connectivity index (χ4n) is 4.38. The minimum atomic E-state index is -4.48. The summed E-state index contributed by atoms with van der Waals surface area (Å²) in [5, 5.41) is 0. The SMILES string of the molecule is CCC1=C(C(=O)OC)[C@@H](c2ccccc2)n2c(s/c(=C/c3ccc(-c4cccc(C(F)(F)F)c4)o3)c2=O)=N1. The van der Waals surface area contributed by atoms with Crippen LogP contribution in [0.2, 0.25) is 0 Å². The molecule has 0 radical (unpaired) electrons. The van der Waals surface area contributed by atoms with Crippen LogP contribution in [0, 0.1) is 0 Å². The lowest BCUT2D eigenvalue weighted by Crippen LogP contribution is -2.40. The molecule has 10 heteroatoms. The van der Waals surface area contributed by atoms with Gasteiger partial charge in [0.25, 0.3) is 5.56 Å². The van der Waals surface area contributed by atoms with E-state index in [1.165, 1.54) is 29.9 Å². The zero-order valence-electron chi connectivity index (χ0n) is 20.3. The minimum Gasteiger partial charge on any atom is -0.466 e. The van der Waals surface area contributed by atoms with Gasteiger partial charge in [0.05, 0.1) is 34.5 Å². The van der Waals surface area contributed by atoms with Gasteiger partial charge in [0, 0.05) is 11.6 Å². The summed E-state index contributed by atoms with van der Waals surface area (Å²) in [6.07, 6.45) is -2.50. The number of thiazole rings is 1. The second kappa shape index (κ2) is 9.94. The van der Waals surface area contributed by atoms with Crippen LogP contribution in [0.5, 0.6) is 0 Å². The van der Waals surface area contributed by atoms with E-state index in [0.717, 1.165) is 29.0 Å². The van der Waals surface area contributed by atoms with Gasteiger partial charge in [-0.25, -0.2) is 9.79 Å². The van der Waals surface area contributed by atoms with Gasteiger partial charge in [-0.05, 0) is 36.2 Å². The van der Waals surface area contributed by atoms with E-state index in [1.807, 2.05) is 37.3 Å². The van der Waals surface area contributed by atoms with Gasteiger partial charge in [-0.15, -0.1) is 0 Å². The van der Waals surface area contributed by atoms with Crippen molar-refractivity contribution in [3.63, 3.8) is 0 Å². The highest BCUT2D eigenvalue weighted by Gasteiger charge is 2.34. The minimum absolute atomic E-state index is 0.235. The molecule has 2 aromatic heterocycles. The number of esters is 1. The van der Waals surface area contributed by atoms with Crippen molar-refractivity contribution in [2.24, 2.45) is 4.99 Å². The highest BCUT2D eigenvalue weighted by atomic mass is 32.1. The number of furan rings is 1. The number of carbonyl (C=O) groups is 1. The molecule has 1 aliphatic heterocycles. The zero-order chi connectivity index (χ0) is 27.0. The Balaban J connectivity index is 1.62. The summed E-state index contributed by atoms with van der Waals surface area (Å²) in [4.78, 5) is 31.5. The first-order valence-electron chi connectivity index (χ1n) is 11.7. The second-order valence-electron chi connectivity index (χ2n) is 8.48. The third kappa shape index (κ3) is 4.63. The third-order valence-corrected chi connectivity index (χ3v) is 7.12. The molecule has 0 saturated heterocycles. The maximum atomic E-state index is 13.6. The molecule has 3 heterocycles. The lowest BCUT2D eigenvalue weighted by molar-refractivity contribution is -0.138. The summed E-state index contributed by atoms with van der Waals surface area (Å²) < 4.78 is 52.0. The topological polar surface area (TPSA) is 73.8 Å². The van der Waals surface area contributed by atoms with E-state index in [9.17, 15) is 22.8 Å². The van der Waals surface area contributed by atoms with Gasteiger partial charge in [0.1, 0.15) is 11.5 Å². The van der Waals surface area contributed by atoms with E-state index >= 15 is 0 Å². The van der Waals surface area contributed by atoms with Gasteiger partial charge in [0.15, 0.2) is 4.80 Å². The number of methoxy groups -OCH3 is 1. The summed E-state index contributed by atoms with van der Waals surface area (Å²) >= 11 is 1.14. The van der Waals surface area contributed by atoms with Crippen LogP contribution < -0.4 is 14.9 Å². The number of hydrogen-bond donors (Lipinski definition) is 0. The maximum Gasteiger partial charge on any atom is 0.416 e. The quantitative estimate of drug-likeness (QED) is 0.333. The molecule has 1 aliphatic rings. The molecule has 4 aromatic rings. The van der Waals surface area contributed by atoms with Crippen molar-refractivity contribution in [2.75, 3.05) is 7.11 Å². The van der Waals surface area contributed by atoms with Crippen molar-refractivity contribution >= 4 is 23.4 Å². The first-order chi connectivity index (χ1) is 18.2. The summed E-state index contributed by atoms with van der Waals surface area (Å²) in [6.45, 7) is 1.87.